The minimum absolute atomic E-state index is 0.702. The summed E-state index contributed by atoms with van der Waals surface area (Å²) >= 11 is 1.66. The molecule has 2 aromatic rings. The van der Waals surface area contributed by atoms with Gasteiger partial charge >= 0.3 is 0 Å². The molecule has 0 unspecified atom stereocenters. The van der Waals surface area contributed by atoms with Crippen LogP contribution < -0.4 is 11.5 Å². The second-order valence-electron chi connectivity index (χ2n) is 3.25. The van der Waals surface area contributed by atoms with Gasteiger partial charge in [0.25, 0.3) is 0 Å². The Bertz CT molecular complexity index is 434. The van der Waals surface area contributed by atoms with Gasteiger partial charge in [-0.2, -0.15) is 0 Å². The Hall–Kier alpha value is -1.61. The van der Waals surface area contributed by atoms with Crippen LogP contribution in [0, 0.1) is 0 Å². The predicted molar refractivity (Wildman–Crippen MR) is 65.8 cm³/mol. The van der Waals surface area contributed by atoms with Gasteiger partial charge in [0, 0.05) is 21.2 Å². The summed E-state index contributed by atoms with van der Waals surface area (Å²) < 4.78 is 0. The Morgan fingerprint density at radius 3 is 1.93 bits per heavy atom. The number of rotatable bonds is 2. The molecule has 2 rings (SSSR count). The molecule has 3 heteroatoms. The van der Waals surface area contributed by atoms with E-state index >= 15 is 0 Å². The second-order valence-corrected chi connectivity index (χ2v) is 4.40. The molecule has 0 spiro atoms. The smallest absolute Gasteiger partial charge is 0.0346 e. The second kappa shape index (κ2) is 4.28. The van der Waals surface area contributed by atoms with Crippen molar-refractivity contribution in [2.45, 2.75) is 9.79 Å². The lowest BCUT2D eigenvalue weighted by Gasteiger charge is -2.04. The van der Waals surface area contributed by atoms with Crippen LogP contribution in [-0.2, 0) is 0 Å². The molecule has 2 aromatic carbocycles. The third-order valence-electron chi connectivity index (χ3n) is 1.93. The van der Waals surface area contributed by atoms with E-state index in [2.05, 4.69) is 12.1 Å². The number of nitrogen functional groups attached to an aromatic ring is 2. The van der Waals surface area contributed by atoms with E-state index in [1.165, 1.54) is 4.90 Å². The van der Waals surface area contributed by atoms with E-state index < -0.39 is 0 Å². The van der Waals surface area contributed by atoms with Gasteiger partial charge in [-0.15, -0.1) is 0 Å². The van der Waals surface area contributed by atoms with Crippen LogP contribution in [-0.4, -0.2) is 0 Å². The SMILES string of the molecule is Nc1cc(N)cc(Sc2ccccc2)c1. The Labute approximate surface area is 93.3 Å². The summed E-state index contributed by atoms with van der Waals surface area (Å²) in [6, 6.07) is 15.7. The summed E-state index contributed by atoms with van der Waals surface area (Å²) in [6.45, 7) is 0. The standard InChI is InChI=1S/C12H12N2S/c13-9-6-10(14)8-12(7-9)15-11-4-2-1-3-5-11/h1-8H,13-14H2. The van der Waals surface area contributed by atoms with E-state index in [0.717, 1.165) is 4.90 Å². The lowest BCUT2D eigenvalue weighted by atomic mass is 10.3. The zero-order valence-electron chi connectivity index (χ0n) is 8.18. The van der Waals surface area contributed by atoms with E-state index in [1.807, 2.05) is 30.3 Å². The summed E-state index contributed by atoms with van der Waals surface area (Å²) in [6.07, 6.45) is 0. The van der Waals surface area contributed by atoms with Gasteiger partial charge in [-0.05, 0) is 30.3 Å². The van der Waals surface area contributed by atoms with E-state index in [9.17, 15) is 0 Å². The fourth-order valence-electron chi connectivity index (χ4n) is 1.33. The molecule has 0 aliphatic carbocycles. The first-order chi connectivity index (χ1) is 7.24. The van der Waals surface area contributed by atoms with Crippen molar-refractivity contribution in [3.05, 3.63) is 48.5 Å². The van der Waals surface area contributed by atoms with Crippen LogP contribution in [0.3, 0.4) is 0 Å². The highest BCUT2D eigenvalue weighted by Crippen LogP contribution is 2.30. The van der Waals surface area contributed by atoms with Crippen molar-refractivity contribution in [3.8, 4) is 0 Å². The van der Waals surface area contributed by atoms with E-state index in [0.29, 0.717) is 11.4 Å². The molecule has 0 aliphatic heterocycles. The molecule has 0 saturated heterocycles. The number of nitrogens with two attached hydrogens (primary N) is 2. The highest BCUT2D eigenvalue weighted by Gasteiger charge is 1.99. The molecule has 0 radical (unpaired) electrons. The molecule has 0 bridgehead atoms. The maximum atomic E-state index is 5.72. The molecule has 0 fully saturated rings. The van der Waals surface area contributed by atoms with Crippen molar-refractivity contribution in [3.63, 3.8) is 0 Å². The van der Waals surface area contributed by atoms with E-state index in [4.69, 9.17) is 11.5 Å². The molecule has 2 nitrogen and oxygen atoms in total. The Kier molecular flexibility index (Phi) is 2.83. The van der Waals surface area contributed by atoms with Gasteiger partial charge in [0.05, 0.1) is 0 Å². The molecule has 0 aromatic heterocycles. The third-order valence-corrected chi connectivity index (χ3v) is 2.91. The maximum Gasteiger partial charge on any atom is 0.0346 e. The van der Waals surface area contributed by atoms with Crippen LogP contribution in [0.15, 0.2) is 58.3 Å². The summed E-state index contributed by atoms with van der Waals surface area (Å²) in [5, 5.41) is 0. The van der Waals surface area contributed by atoms with Crippen molar-refractivity contribution < 1.29 is 0 Å². The number of hydrogen-bond acceptors (Lipinski definition) is 3. The van der Waals surface area contributed by atoms with E-state index in [-0.39, 0.29) is 0 Å². The number of benzene rings is 2. The fraction of sp³-hybridized carbons (Fsp3) is 0. The van der Waals surface area contributed by atoms with Crippen LogP contribution in [0.4, 0.5) is 11.4 Å². The van der Waals surface area contributed by atoms with Crippen molar-refractivity contribution in [1.29, 1.82) is 0 Å². The molecule has 0 aliphatic rings. The first-order valence-corrected chi connectivity index (χ1v) is 5.44. The van der Waals surface area contributed by atoms with Gasteiger partial charge in [0.2, 0.25) is 0 Å². The topological polar surface area (TPSA) is 52.0 Å². The Balaban J connectivity index is 2.25. The maximum absolute atomic E-state index is 5.72. The van der Waals surface area contributed by atoms with Crippen molar-refractivity contribution in [2.75, 3.05) is 11.5 Å². The highest BCUT2D eigenvalue weighted by atomic mass is 32.2. The minimum Gasteiger partial charge on any atom is -0.399 e. The highest BCUT2D eigenvalue weighted by molar-refractivity contribution is 7.99. The first-order valence-electron chi connectivity index (χ1n) is 4.63. The summed E-state index contributed by atoms with van der Waals surface area (Å²) in [5.41, 5.74) is 12.8. The van der Waals surface area contributed by atoms with Gasteiger partial charge in [0.1, 0.15) is 0 Å². The van der Waals surface area contributed by atoms with Crippen molar-refractivity contribution in [2.24, 2.45) is 0 Å². The molecule has 15 heavy (non-hydrogen) atoms. The molecular weight excluding hydrogens is 204 g/mol. The van der Waals surface area contributed by atoms with Crippen LogP contribution in [0.1, 0.15) is 0 Å². The molecule has 0 atom stereocenters. The number of anilines is 2. The Morgan fingerprint density at radius 2 is 1.33 bits per heavy atom. The van der Waals surface area contributed by atoms with Crippen LogP contribution in [0.25, 0.3) is 0 Å². The lowest BCUT2D eigenvalue weighted by Crippen LogP contribution is -1.90. The quantitative estimate of drug-likeness (QED) is 0.759. The van der Waals surface area contributed by atoms with Gasteiger partial charge in [-0.25, -0.2) is 0 Å². The van der Waals surface area contributed by atoms with E-state index in [1.54, 1.807) is 17.8 Å². The normalized spacial score (nSPS) is 10.1. The number of hydrogen-bond donors (Lipinski definition) is 2. The Morgan fingerprint density at radius 1 is 0.733 bits per heavy atom. The minimum atomic E-state index is 0.702. The van der Waals surface area contributed by atoms with Gasteiger partial charge in [-0.1, -0.05) is 30.0 Å². The average Bonchev–Trinajstić information content (AvgIpc) is 2.17. The van der Waals surface area contributed by atoms with Crippen molar-refractivity contribution in [1.82, 2.24) is 0 Å². The van der Waals surface area contributed by atoms with Gasteiger partial charge in [-0.3, -0.25) is 0 Å². The summed E-state index contributed by atoms with van der Waals surface area (Å²) in [4.78, 5) is 2.25. The van der Waals surface area contributed by atoms with Gasteiger partial charge < -0.3 is 11.5 Å². The molecule has 0 saturated carbocycles. The van der Waals surface area contributed by atoms with Crippen LogP contribution in [0.2, 0.25) is 0 Å². The van der Waals surface area contributed by atoms with Gasteiger partial charge in [0.15, 0.2) is 0 Å². The first kappa shape index (κ1) is 9.93. The zero-order chi connectivity index (χ0) is 10.7. The summed E-state index contributed by atoms with van der Waals surface area (Å²) in [5.74, 6) is 0. The van der Waals surface area contributed by atoms with Crippen LogP contribution in [0.5, 0.6) is 0 Å². The lowest BCUT2D eigenvalue weighted by molar-refractivity contribution is 1.41. The zero-order valence-corrected chi connectivity index (χ0v) is 9.00. The molecule has 0 heterocycles. The monoisotopic (exact) mass is 216 g/mol. The summed E-state index contributed by atoms with van der Waals surface area (Å²) in [7, 11) is 0. The third kappa shape index (κ3) is 2.67. The van der Waals surface area contributed by atoms with Crippen molar-refractivity contribution >= 4 is 23.1 Å². The molecular formula is C12H12N2S. The molecule has 0 amide bonds. The van der Waals surface area contributed by atoms with Crippen LogP contribution >= 0.6 is 11.8 Å². The average molecular weight is 216 g/mol. The molecule has 76 valence electrons. The molecule has 4 N–H and O–H groups in total. The fourth-order valence-corrected chi connectivity index (χ4v) is 2.28. The predicted octanol–water partition coefficient (Wildman–Crippen LogP) is 3.00. The largest absolute Gasteiger partial charge is 0.399 e.